The minimum absolute atomic E-state index is 0.340. The summed E-state index contributed by atoms with van der Waals surface area (Å²) in [5.41, 5.74) is 0. The van der Waals surface area contributed by atoms with E-state index in [-0.39, 0.29) is 0 Å². The van der Waals surface area contributed by atoms with E-state index in [0.717, 1.165) is 30.7 Å². The van der Waals surface area contributed by atoms with Crippen molar-refractivity contribution in [1.82, 2.24) is 14.8 Å². The fraction of sp³-hybridized carbons (Fsp3) is 0.882. The fourth-order valence-electron chi connectivity index (χ4n) is 2.66. The van der Waals surface area contributed by atoms with Gasteiger partial charge in [-0.2, -0.15) is 5.10 Å². The molecule has 0 saturated heterocycles. The second-order valence-corrected chi connectivity index (χ2v) is 9.18. The maximum absolute atomic E-state index is 5.92. The van der Waals surface area contributed by atoms with E-state index in [9.17, 15) is 0 Å². The van der Waals surface area contributed by atoms with Crippen LogP contribution in [-0.4, -0.2) is 43.4 Å². The average Bonchev–Trinajstić information content (AvgIpc) is 2.93. The first-order valence-electron chi connectivity index (χ1n) is 9.25. The third kappa shape index (κ3) is 5.95. The molecule has 1 aromatic rings. The molecule has 0 aliphatic rings. The Kier molecular flexibility index (Phi) is 9.11. The van der Waals surface area contributed by atoms with Gasteiger partial charge in [0.15, 0.2) is 5.82 Å². The zero-order valence-corrected chi connectivity index (χ0v) is 17.5. The molecule has 0 bridgehead atoms. The van der Waals surface area contributed by atoms with Crippen molar-refractivity contribution in [1.29, 1.82) is 0 Å². The van der Waals surface area contributed by atoms with Crippen molar-refractivity contribution in [3.8, 4) is 0 Å². The molecule has 1 heterocycles. The molecule has 0 amide bonds. The van der Waals surface area contributed by atoms with E-state index >= 15 is 0 Å². The first-order chi connectivity index (χ1) is 11.4. The van der Waals surface area contributed by atoms with E-state index < -0.39 is 8.80 Å². The first-order valence-corrected chi connectivity index (χ1v) is 11.2. The fourth-order valence-corrected chi connectivity index (χ4v) is 5.25. The van der Waals surface area contributed by atoms with Gasteiger partial charge < -0.3 is 13.3 Å². The monoisotopic (exact) mass is 357 g/mol. The Morgan fingerprint density at radius 3 is 1.88 bits per heavy atom. The quantitative estimate of drug-likeness (QED) is 0.530. The van der Waals surface area contributed by atoms with Crippen molar-refractivity contribution in [2.45, 2.75) is 79.3 Å². The van der Waals surface area contributed by atoms with Crippen LogP contribution in [0, 0.1) is 0 Å². The van der Waals surface area contributed by atoms with Crippen molar-refractivity contribution >= 4 is 8.80 Å². The first kappa shape index (κ1) is 21.3. The molecular weight excluding hydrogens is 322 g/mol. The summed E-state index contributed by atoms with van der Waals surface area (Å²) in [5, 5.41) is 4.69. The molecule has 0 aliphatic heterocycles. The topological polar surface area (TPSA) is 58.4 Å². The van der Waals surface area contributed by atoms with Gasteiger partial charge in [-0.1, -0.05) is 27.7 Å². The summed E-state index contributed by atoms with van der Waals surface area (Å²) < 4.78 is 19.8. The van der Waals surface area contributed by atoms with Crippen LogP contribution >= 0.6 is 0 Å². The summed E-state index contributed by atoms with van der Waals surface area (Å²) in [6.07, 6.45) is 0.910. The molecule has 0 aliphatic carbocycles. The van der Waals surface area contributed by atoms with Gasteiger partial charge in [0.1, 0.15) is 5.82 Å². The van der Waals surface area contributed by atoms with Crippen LogP contribution in [0.25, 0.3) is 0 Å². The highest BCUT2D eigenvalue weighted by Crippen LogP contribution is 2.21. The van der Waals surface area contributed by atoms with Gasteiger partial charge in [-0.05, 0) is 27.2 Å². The molecule has 0 fully saturated rings. The van der Waals surface area contributed by atoms with Crippen molar-refractivity contribution in [3.63, 3.8) is 0 Å². The minimum atomic E-state index is -2.57. The Morgan fingerprint density at radius 2 is 1.46 bits per heavy atom. The Balaban J connectivity index is 2.79. The van der Waals surface area contributed by atoms with Gasteiger partial charge in [0.05, 0.1) is 0 Å². The Labute approximate surface area is 148 Å². The van der Waals surface area contributed by atoms with Gasteiger partial charge in [0, 0.05) is 44.2 Å². The van der Waals surface area contributed by atoms with Crippen LogP contribution in [0.4, 0.5) is 0 Å². The highest BCUT2D eigenvalue weighted by atomic mass is 28.4. The number of aryl methyl sites for hydroxylation is 1. The summed E-state index contributed by atoms with van der Waals surface area (Å²) in [6, 6.07) is 0.803. The normalized spacial score (nSPS) is 12.5. The third-order valence-electron chi connectivity index (χ3n) is 3.70. The second kappa shape index (κ2) is 10.3. The third-order valence-corrected chi connectivity index (χ3v) is 6.85. The molecule has 0 radical (unpaired) electrons. The number of hydrogen-bond donors (Lipinski definition) is 0. The second-order valence-electron chi connectivity index (χ2n) is 6.45. The van der Waals surface area contributed by atoms with Gasteiger partial charge in [0.2, 0.25) is 0 Å². The van der Waals surface area contributed by atoms with Gasteiger partial charge >= 0.3 is 8.80 Å². The lowest BCUT2D eigenvalue weighted by molar-refractivity contribution is 0.0704. The molecule has 0 saturated carbocycles. The van der Waals surface area contributed by atoms with Crippen LogP contribution in [0.1, 0.15) is 78.4 Å². The van der Waals surface area contributed by atoms with Gasteiger partial charge in [-0.15, -0.1) is 0 Å². The summed E-state index contributed by atoms with van der Waals surface area (Å²) in [4.78, 5) is 4.70. The number of aromatic nitrogens is 3. The molecule has 0 N–H and O–H groups in total. The molecule has 7 heteroatoms. The van der Waals surface area contributed by atoms with Crippen LogP contribution < -0.4 is 0 Å². The van der Waals surface area contributed by atoms with E-state index in [1.54, 1.807) is 0 Å². The molecule has 6 nitrogen and oxygen atoms in total. The molecule has 24 heavy (non-hydrogen) atoms. The standard InChI is InChI=1S/C17H35N3O3Si/c1-8-21-24(22-9-2,23-10-3)13-11-12-20-17(15(6)7)18-16(19-20)14(4)5/h14-15H,8-13H2,1-7H3. The molecule has 0 aromatic carbocycles. The van der Waals surface area contributed by atoms with E-state index in [2.05, 4.69) is 32.8 Å². The van der Waals surface area contributed by atoms with E-state index in [1.165, 1.54) is 0 Å². The molecular formula is C17H35N3O3Si. The zero-order valence-electron chi connectivity index (χ0n) is 16.5. The van der Waals surface area contributed by atoms with Gasteiger partial charge in [-0.25, -0.2) is 9.67 Å². The van der Waals surface area contributed by atoms with Gasteiger partial charge in [-0.3, -0.25) is 0 Å². The molecule has 1 aromatic heterocycles. The van der Waals surface area contributed by atoms with E-state index in [4.69, 9.17) is 18.3 Å². The number of hydrogen-bond acceptors (Lipinski definition) is 5. The van der Waals surface area contributed by atoms with Crippen LogP contribution in [0.5, 0.6) is 0 Å². The number of rotatable bonds is 12. The smallest absolute Gasteiger partial charge is 0.374 e. The lowest BCUT2D eigenvalue weighted by Gasteiger charge is -2.28. The average molecular weight is 358 g/mol. The SMILES string of the molecule is CCO[Si](CCCn1nc(C(C)C)nc1C(C)C)(OCC)OCC. The van der Waals surface area contributed by atoms with Crippen molar-refractivity contribution < 1.29 is 13.3 Å². The Morgan fingerprint density at radius 1 is 0.917 bits per heavy atom. The van der Waals surface area contributed by atoms with Crippen LogP contribution in [0.2, 0.25) is 6.04 Å². The maximum atomic E-state index is 5.92. The zero-order chi connectivity index (χ0) is 18.2. The van der Waals surface area contributed by atoms with Crippen LogP contribution in [0.3, 0.4) is 0 Å². The molecule has 140 valence electrons. The van der Waals surface area contributed by atoms with Gasteiger partial charge in [0.25, 0.3) is 0 Å². The highest BCUT2D eigenvalue weighted by molar-refractivity contribution is 6.60. The largest absolute Gasteiger partial charge is 0.500 e. The lowest BCUT2D eigenvalue weighted by Crippen LogP contribution is -2.46. The van der Waals surface area contributed by atoms with E-state index in [1.807, 2.05) is 25.5 Å². The van der Waals surface area contributed by atoms with Crippen LogP contribution in [0.15, 0.2) is 0 Å². The molecule has 0 unspecified atom stereocenters. The summed E-state index contributed by atoms with van der Waals surface area (Å²) in [7, 11) is -2.57. The predicted octanol–water partition coefficient (Wildman–Crippen LogP) is 3.96. The van der Waals surface area contributed by atoms with Crippen LogP contribution in [-0.2, 0) is 19.8 Å². The van der Waals surface area contributed by atoms with Crippen molar-refractivity contribution in [2.75, 3.05) is 19.8 Å². The van der Waals surface area contributed by atoms with E-state index in [0.29, 0.717) is 31.7 Å². The summed E-state index contributed by atoms with van der Waals surface area (Å²) in [6.45, 7) is 17.2. The molecule has 0 spiro atoms. The molecule has 1 rings (SSSR count). The van der Waals surface area contributed by atoms with Crippen molar-refractivity contribution in [3.05, 3.63) is 11.6 Å². The summed E-state index contributed by atoms with van der Waals surface area (Å²) in [5.74, 6) is 2.67. The predicted molar refractivity (Wildman–Crippen MR) is 98.3 cm³/mol. The maximum Gasteiger partial charge on any atom is 0.500 e. The highest BCUT2D eigenvalue weighted by Gasteiger charge is 2.39. The summed E-state index contributed by atoms with van der Waals surface area (Å²) >= 11 is 0. The Bertz CT molecular complexity index is 461. The minimum Gasteiger partial charge on any atom is -0.374 e. The van der Waals surface area contributed by atoms with Crippen molar-refractivity contribution in [2.24, 2.45) is 0 Å². The lowest BCUT2D eigenvalue weighted by atomic mass is 10.2. The molecule has 0 atom stereocenters. The Hall–Kier alpha value is -0.763. The number of nitrogens with zero attached hydrogens (tertiary/aromatic N) is 3.